The van der Waals surface area contributed by atoms with Crippen molar-refractivity contribution in [1.82, 2.24) is 15.0 Å². The molecule has 5 nitrogen and oxygen atoms in total. The molecule has 0 spiro atoms. The molecule has 0 aliphatic carbocycles. The molecule has 84 valence electrons. The number of fused-ring (bicyclic) bond motifs is 1. The van der Waals surface area contributed by atoms with Crippen LogP contribution in [0.15, 0.2) is 24.4 Å². The fourth-order valence-corrected chi connectivity index (χ4v) is 2.02. The van der Waals surface area contributed by atoms with Gasteiger partial charge in [0.05, 0.1) is 11.0 Å². The SMILES string of the molecule is ON1CCN(c2ccc3[nH]ccc3n2)CC1. The third-order valence-corrected chi connectivity index (χ3v) is 2.97. The molecule has 2 aromatic rings. The van der Waals surface area contributed by atoms with E-state index in [1.165, 1.54) is 5.06 Å². The van der Waals surface area contributed by atoms with Crippen LogP contribution in [0, 0.1) is 0 Å². The van der Waals surface area contributed by atoms with Crippen molar-refractivity contribution in [2.45, 2.75) is 0 Å². The zero-order valence-corrected chi connectivity index (χ0v) is 8.93. The summed E-state index contributed by atoms with van der Waals surface area (Å²) in [4.78, 5) is 9.90. The number of anilines is 1. The number of aromatic amines is 1. The number of aromatic nitrogens is 2. The summed E-state index contributed by atoms with van der Waals surface area (Å²) in [6.45, 7) is 2.98. The van der Waals surface area contributed by atoms with Crippen LogP contribution in [0.2, 0.25) is 0 Å². The van der Waals surface area contributed by atoms with E-state index in [9.17, 15) is 5.21 Å². The first-order chi connectivity index (χ1) is 7.83. The number of hydrogen-bond donors (Lipinski definition) is 2. The molecule has 0 aromatic carbocycles. The maximum atomic E-state index is 9.29. The highest BCUT2D eigenvalue weighted by Gasteiger charge is 2.16. The van der Waals surface area contributed by atoms with E-state index in [-0.39, 0.29) is 0 Å². The Balaban J connectivity index is 1.87. The van der Waals surface area contributed by atoms with E-state index in [0.29, 0.717) is 13.1 Å². The van der Waals surface area contributed by atoms with Crippen molar-refractivity contribution in [3.05, 3.63) is 24.4 Å². The molecule has 0 unspecified atom stereocenters. The minimum absolute atomic E-state index is 0.673. The van der Waals surface area contributed by atoms with Gasteiger partial charge in [-0.3, -0.25) is 0 Å². The summed E-state index contributed by atoms with van der Waals surface area (Å²) < 4.78 is 0. The van der Waals surface area contributed by atoms with Crippen molar-refractivity contribution >= 4 is 16.9 Å². The number of nitrogens with one attached hydrogen (secondary N) is 1. The first kappa shape index (κ1) is 9.62. The van der Waals surface area contributed by atoms with Crippen LogP contribution in [0.3, 0.4) is 0 Å². The summed E-state index contributed by atoms with van der Waals surface area (Å²) >= 11 is 0. The molecule has 5 heteroatoms. The van der Waals surface area contributed by atoms with Gasteiger partial charge in [0, 0.05) is 32.4 Å². The number of hydrogen-bond acceptors (Lipinski definition) is 4. The Hall–Kier alpha value is -1.59. The molecule has 2 N–H and O–H groups in total. The lowest BCUT2D eigenvalue weighted by Crippen LogP contribution is -2.45. The van der Waals surface area contributed by atoms with Crippen LogP contribution in [0.5, 0.6) is 0 Å². The van der Waals surface area contributed by atoms with Crippen molar-refractivity contribution in [1.29, 1.82) is 0 Å². The topological polar surface area (TPSA) is 55.4 Å². The molecule has 1 aliphatic heterocycles. The quantitative estimate of drug-likeness (QED) is 0.752. The predicted molar refractivity (Wildman–Crippen MR) is 61.7 cm³/mol. The fourth-order valence-electron chi connectivity index (χ4n) is 2.02. The number of nitrogens with zero attached hydrogens (tertiary/aromatic N) is 3. The highest BCUT2D eigenvalue weighted by molar-refractivity contribution is 5.76. The fraction of sp³-hybridized carbons (Fsp3) is 0.364. The maximum absolute atomic E-state index is 9.29. The van der Waals surface area contributed by atoms with Gasteiger partial charge in [-0.25, -0.2) is 4.98 Å². The van der Waals surface area contributed by atoms with Gasteiger partial charge in [-0.05, 0) is 18.2 Å². The summed E-state index contributed by atoms with van der Waals surface area (Å²) in [7, 11) is 0. The van der Waals surface area contributed by atoms with Gasteiger partial charge in [-0.15, -0.1) is 0 Å². The monoisotopic (exact) mass is 218 g/mol. The number of hydroxylamine groups is 2. The zero-order chi connectivity index (χ0) is 11.0. The Morgan fingerprint density at radius 2 is 1.94 bits per heavy atom. The average molecular weight is 218 g/mol. The molecule has 1 fully saturated rings. The lowest BCUT2D eigenvalue weighted by atomic mass is 10.3. The van der Waals surface area contributed by atoms with Gasteiger partial charge < -0.3 is 15.1 Å². The Morgan fingerprint density at radius 1 is 1.12 bits per heavy atom. The molecule has 3 heterocycles. The minimum atomic E-state index is 0.673. The van der Waals surface area contributed by atoms with Gasteiger partial charge in [0.15, 0.2) is 0 Å². The van der Waals surface area contributed by atoms with Crippen molar-refractivity contribution in [3.8, 4) is 0 Å². The van der Waals surface area contributed by atoms with Gasteiger partial charge >= 0.3 is 0 Å². The van der Waals surface area contributed by atoms with E-state index in [2.05, 4.69) is 14.9 Å². The molecule has 2 aromatic heterocycles. The van der Waals surface area contributed by atoms with E-state index < -0.39 is 0 Å². The number of rotatable bonds is 1. The third kappa shape index (κ3) is 1.64. The van der Waals surface area contributed by atoms with Crippen LogP contribution in [0.25, 0.3) is 11.0 Å². The maximum Gasteiger partial charge on any atom is 0.129 e. The Bertz CT molecular complexity index is 487. The van der Waals surface area contributed by atoms with Gasteiger partial charge in [-0.2, -0.15) is 5.06 Å². The molecule has 3 rings (SSSR count). The van der Waals surface area contributed by atoms with Crippen LogP contribution in [-0.2, 0) is 0 Å². The highest BCUT2D eigenvalue weighted by atomic mass is 16.5. The van der Waals surface area contributed by atoms with Crippen molar-refractivity contribution < 1.29 is 5.21 Å². The summed E-state index contributed by atoms with van der Waals surface area (Å²) in [5, 5.41) is 10.6. The summed E-state index contributed by atoms with van der Waals surface area (Å²) in [6.07, 6.45) is 1.90. The Kier molecular flexibility index (Phi) is 2.27. The molecular weight excluding hydrogens is 204 g/mol. The van der Waals surface area contributed by atoms with Gasteiger partial charge in [0.25, 0.3) is 0 Å². The first-order valence-corrected chi connectivity index (χ1v) is 5.46. The van der Waals surface area contributed by atoms with Crippen LogP contribution in [0.4, 0.5) is 5.82 Å². The van der Waals surface area contributed by atoms with Crippen LogP contribution in [-0.4, -0.2) is 46.4 Å². The summed E-state index contributed by atoms with van der Waals surface area (Å²) in [5.41, 5.74) is 2.05. The van der Waals surface area contributed by atoms with Gasteiger partial charge in [0.2, 0.25) is 0 Å². The van der Waals surface area contributed by atoms with E-state index in [1.807, 2.05) is 24.4 Å². The number of H-pyrrole nitrogens is 1. The van der Waals surface area contributed by atoms with E-state index in [1.54, 1.807) is 0 Å². The number of pyridine rings is 1. The molecule has 0 radical (unpaired) electrons. The first-order valence-electron chi connectivity index (χ1n) is 5.46. The van der Waals surface area contributed by atoms with Crippen LogP contribution in [0.1, 0.15) is 0 Å². The molecule has 0 saturated carbocycles. The normalized spacial score (nSPS) is 18.2. The zero-order valence-electron chi connectivity index (χ0n) is 8.93. The molecule has 0 atom stereocenters. The molecule has 0 bridgehead atoms. The average Bonchev–Trinajstić information content (AvgIpc) is 2.77. The lowest BCUT2D eigenvalue weighted by molar-refractivity contribution is -0.0936. The Morgan fingerprint density at radius 3 is 2.75 bits per heavy atom. The second-order valence-electron chi connectivity index (χ2n) is 4.02. The third-order valence-electron chi connectivity index (χ3n) is 2.97. The van der Waals surface area contributed by atoms with Crippen LogP contribution >= 0.6 is 0 Å². The Labute approximate surface area is 93.3 Å². The smallest absolute Gasteiger partial charge is 0.129 e. The van der Waals surface area contributed by atoms with Crippen molar-refractivity contribution in [2.24, 2.45) is 0 Å². The number of piperazine rings is 1. The minimum Gasteiger partial charge on any atom is -0.360 e. The van der Waals surface area contributed by atoms with Gasteiger partial charge in [-0.1, -0.05) is 0 Å². The molecule has 1 saturated heterocycles. The molecular formula is C11H14N4O. The van der Waals surface area contributed by atoms with Crippen molar-refractivity contribution in [2.75, 3.05) is 31.1 Å². The molecule has 16 heavy (non-hydrogen) atoms. The van der Waals surface area contributed by atoms with Crippen molar-refractivity contribution in [3.63, 3.8) is 0 Å². The van der Waals surface area contributed by atoms with Crippen LogP contribution < -0.4 is 4.90 Å². The van der Waals surface area contributed by atoms with E-state index in [0.717, 1.165) is 29.9 Å². The molecule has 1 aliphatic rings. The largest absolute Gasteiger partial charge is 0.360 e. The van der Waals surface area contributed by atoms with Gasteiger partial charge in [0.1, 0.15) is 5.82 Å². The van der Waals surface area contributed by atoms with E-state index in [4.69, 9.17) is 0 Å². The predicted octanol–water partition coefficient (Wildman–Crippen LogP) is 1.07. The second-order valence-corrected chi connectivity index (χ2v) is 4.02. The second kappa shape index (κ2) is 3.77. The molecule has 0 amide bonds. The highest BCUT2D eigenvalue weighted by Crippen LogP contribution is 2.17. The lowest BCUT2D eigenvalue weighted by Gasteiger charge is -2.31. The standard InChI is InChI=1S/C11H14N4O/c16-15-7-5-14(6-8-15)11-2-1-9-10(13-11)3-4-12-9/h1-4,12,16H,5-8H2. The summed E-state index contributed by atoms with van der Waals surface area (Å²) in [5.74, 6) is 0.986. The summed E-state index contributed by atoms with van der Waals surface area (Å²) in [6, 6.07) is 6.04. The van der Waals surface area contributed by atoms with E-state index >= 15 is 0 Å².